The van der Waals surface area contributed by atoms with Crippen LogP contribution in [0.4, 0.5) is 0 Å². The number of carbonyl (C=O) groups excluding carboxylic acids is 1. The van der Waals surface area contributed by atoms with Gasteiger partial charge in [-0.15, -0.1) is 0 Å². The maximum atomic E-state index is 12.5. The molecule has 2 aliphatic carbocycles. The van der Waals surface area contributed by atoms with Crippen molar-refractivity contribution in [1.82, 2.24) is 4.72 Å². The Morgan fingerprint density at radius 3 is 2.52 bits per heavy atom. The summed E-state index contributed by atoms with van der Waals surface area (Å²) in [5, 5.41) is 0.197. The van der Waals surface area contributed by atoms with Crippen LogP contribution in [-0.2, 0) is 14.8 Å². The van der Waals surface area contributed by atoms with Crippen molar-refractivity contribution in [3.8, 4) is 5.75 Å². The van der Waals surface area contributed by atoms with Crippen LogP contribution in [0, 0.1) is 18.3 Å². The number of aryl methyl sites for hydroxylation is 1. The van der Waals surface area contributed by atoms with Crippen molar-refractivity contribution >= 4 is 27.5 Å². The predicted molar refractivity (Wildman–Crippen MR) is 87.1 cm³/mol. The predicted octanol–water partition coefficient (Wildman–Crippen LogP) is 3.04. The van der Waals surface area contributed by atoms with Crippen LogP contribution in [0.25, 0.3) is 0 Å². The van der Waals surface area contributed by atoms with E-state index in [1.807, 2.05) is 0 Å². The first-order chi connectivity index (χ1) is 10.8. The quantitative estimate of drug-likeness (QED) is 0.898. The van der Waals surface area contributed by atoms with E-state index in [0.717, 1.165) is 25.7 Å². The minimum atomic E-state index is -3.92. The van der Waals surface area contributed by atoms with Gasteiger partial charge in [-0.2, -0.15) is 0 Å². The molecule has 5 nitrogen and oxygen atoms in total. The van der Waals surface area contributed by atoms with E-state index in [-0.39, 0.29) is 15.8 Å². The average molecular weight is 358 g/mol. The summed E-state index contributed by atoms with van der Waals surface area (Å²) < 4.78 is 32.2. The van der Waals surface area contributed by atoms with Gasteiger partial charge in [-0.3, -0.25) is 4.79 Å². The Morgan fingerprint density at radius 1 is 1.35 bits per heavy atom. The third kappa shape index (κ3) is 2.94. The van der Waals surface area contributed by atoms with E-state index in [1.165, 1.54) is 19.6 Å². The number of amides is 1. The van der Waals surface area contributed by atoms with Gasteiger partial charge in [0.2, 0.25) is 5.91 Å². The molecule has 7 heteroatoms. The number of hydrogen-bond acceptors (Lipinski definition) is 4. The Bertz CT molecular complexity index is 748. The summed E-state index contributed by atoms with van der Waals surface area (Å²) in [4.78, 5) is 12.2. The highest BCUT2D eigenvalue weighted by Crippen LogP contribution is 2.58. The molecule has 1 aromatic rings. The van der Waals surface area contributed by atoms with E-state index in [9.17, 15) is 13.2 Å². The molecule has 2 saturated carbocycles. The SMILES string of the molecule is COc1cc(C)c(S(=O)(=O)NC(=O)C2CC3(CCC3)C2)cc1Cl. The number of carbonyl (C=O) groups is 1. The minimum Gasteiger partial charge on any atom is -0.495 e. The largest absolute Gasteiger partial charge is 0.495 e. The van der Waals surface area contributed by atoms with Gasteiger partial charge in [-0.1, -0.05) is 18.0 Å². The number of benzene rings is 1. The van der Waals surface area contributed by atoms with Crippen LogP contribution in [0.3, 0.4) is 0 Å². The molecule has 0 aliphatic heterocycles. The second-order valence-electron chi connectivity index (χ2n) is 6.68. The Morgan fingerprint density at radius 2 is 2.00 bits per heavy atom. The van der Waals surface area contributed by atoms with E-state index in [0.29, 0.717) is 16.7 Å². The standard InChI is InChI=1S/C16H20ClNO4S/c1-10-6-13(22-2)12(17)7-14(10)23(20,21)18-15(19)11-8-16(9-11)4-3-5-16/h6-7,11H,3-5,8-9H2,1-2H3,(H,18,19). The maximum absolute atomic E-state index is 12.5. The lowest BCUT2D eigenvalue weighted by molar-refractivity contribution is -0.134. The Hall–Kier alpha value is -1.27. The molecule has 2 fully saturated rings. The summed E-state index contributed by atoms with van der Waals surface area (Å²) in [5.74, 6) is -0.201. The van der Waals surface area contributed by atoms with Gasteiger partial charge in [0.15, 0.2) is 0 Å². The van der Waals surface area contributed by atoms with Crippen molar-refractivity contribution in [2.75, 3.05) is 7.11 Å². The van der Waals surface area contributed by atoms with Gasteiger partial charge in [0.05, 0.1) is 17.0 Å². The van der Waals surface area contributed by atoms with Crippen LogP contribution >= 0.6 is 11.6 Å². The maximum Gasteiger partial charge on any atom is 0.264 e. The molecule has 0 atom stereocenters. The number of halogens is 1. The lowest BCUT2D eigenvalue weighted by atomic mass is 9.52. The van der Waals surface area contributed by atoms with Gasteiger partial charge in [0, 0.05) is 5.92 Å². The summed E-state index contributed by atoms with van der Waals surface area (Å²) in [6, 6.07) is 2.87. The normalized spacial score (nSPS) is 19.8. The van der Waals surface area contributed by atoms with Crippen molar-refractivity contribution in [2.45, 2.75) is 43.9 Å². The molecule has 0 unspecified atom stereocenters. The summed E-state index contributed by atoms with van der Waals surface area (Å²) in [6.45, 7) is 1.64. The molecule has 1 amide bonds. The van der Waals surface area contributed by atoms with Gasteiger partial charge in [0.1, 0.15) is 5.75 Å². The van der Waals surface area contributed by atoms with E-state index < -0.39 is 15.9 Å². The topological polar surface area (TPSA) is 72.5 Å². The summed E-state index contributed by atoms with van der Waals surface area (Å²) >= 11 is 6.01. The van der Waals surface area contributed by atoms with Crippen LogP contribution in [0.5, 0.6) is 5.75 Å². The zero-order valence-electron chi connectivity index (χ0n) is 13.2. The molecule has 0 saturated heterocycles. The van der Waals surface area contributed by atoms with Crippen molar-refractivity contribution in [2.24, 2.45) is 11.3 Å². The molecule has 1 spiro atoms. The zero-order valence-corrected chi connectivity index (χ0v) is 14.8. The van der Waals surface area contributed by atoms with Gasteiger partial charge in [-0.25, -0.2) is 13.1 Å². The second kappa shape index (κ2) is 5.67. The minimum absolute atomic E-state index is 0.00864. The van der Waals surface area contributed by atoms with Crippen LogP contribution in [0.15, 0.2) is 17.0 Å². The Kier molecular flexibility index (Phi) is 4.09. The summed E-state index contributed by atoms with van der Waals surface area (Å²) in [6.07, 6.45) is 5.15. The molecular weight excluding hydrogens is 338 g/mol. The number of rotatable bonds is 4. The fraction of sp³-hybridized carbons (Fsp3) is 0.562. The van der Waals surface area contributed by atoms with Crippen LogP contribution in [0.2, 0.25) is 5.02 Å². The van der Waals surface area contributed by atoms with Crippen LogP contribution in [0.1, 0.15) is 37.7 Å². The third-order valence-corrected chi connectivity index (χ3v) is 6.90. The first-order valence-corrected chi connectivity index (χ1v) is 9.53. The van der Waals surface area contributed by atoms with E-state index in [2.05, 4.69) is 4.72 Å². The fourth-order valence-electron chi connectivity index (χ4n) is 3.61. The average Bonchev–Trinajstić information content (AvgIpc) is 2.36. The second-order valence-corrected chi connectivity index (χ2v) is 8.74. The Labute approximate surface area is 141 Å². The number of nitrogens with one attached hydrogen (secondary N) is 1. The highest BCUT2D eigenvalue weighted by Gasteiger charge is 2.51. The number of sulfonamides is 1. The highest BCUT2D eigenvalue weighted by molar-refractivity contribution is 7.90. The lowest BCUT2D eigenvalue weighted by Gasteiger charge is -2.53. The molecule has 0 radical (unpaired) electrons. The molecule has 2 aliphatic rings. The van der Waals surface area contributed by atoms with Crippen molar-refractivity contribution < 1.29 is 17.9 Å². The lowest BCUT2D eigenvalue weighted by Crippen LogP contribution is -2.49. The first kappa shape index (κ1) is 16.6. The van der Waals surface area contributed by atoms with Crippen LogP contribution < -0.4 is 9.46 Å². The molecule has 0 heterocycles. The zero-order chi connectivity index (χ0) is 16.8. The first-order valence-electron chi connectivity index (χ1n) is 7.67. The smallest absolute Gasteiger partial charge is 0.264 e. The molecule has 1 N–H and O–H groups in total. The van der Waals surface area contributed by atoms with Gasteiger partial charge in [0.25, 0.3) is 10.0 Å². The van der Waals surface area contributed by atoms with Gasteiger partial charge >= 0.3 is 0 Å². The van der Waals surface area contributed by atoms with Crippen molar-refractivity contribution in [1.29, 1.82) is 0 Å². The van der Waals surface area contributed by atoms with Crippen molar-refractivity contribution in [3.05, 3.63) is 22.7 Å². The van der Waals surface area contributed by atoms with Gasteiger partial charge < -0.3 is 4.74 Å². The van der Waals surface area contributed by atoms with Crippen LogP contribution in [-0.4, -0.2) is 21.4 Å². The summed E-state index contributed by atoms with van der Waals surface area (Å²) in [7, 11) is -2.46. The molecular formula is C16H20ClNO4S. The molecule has 3 rings (SSSR count). The van der Waals surface area contributed by atoms with E-state index >= 15 is 0 Å². The van der Waals surface area contributed by atoms with E-state index in [1.54, 1.807) is 13.0 Å². The highest BCUT2D eigenvalue weighted by atomic mass is 35.5. The molecule has 23 heavy (non-hydrogen) atoms. The molecule has 0 aromatic heterocycles. The number of hydrogen-bond donors (Lipinski definition) is 1. The summed E-state index contributed by atoms with van der Waals surface area (Å²) in [5.41, 5.74) is 0.807. The third-order valence-electron chi connectivity index (χ3n) is 5.12. The molecule has 1 aromatic carbocycles. The number of ether oxygens (including phenoxy) is 1. The monoisotopic (exact) mass is 357 g/mol. The van der Waals surface area contributed by atoms with Crippen molar-refractivity contribution in [3.63, 3.8) is 0 Å². The number of methoxy groups -OCH3 is 1. The van der Waals surface area contributed by atoms with Gasteiger partial charge in [-0.05, 0) is 55.7 Å². The molecule has 0 bridgehead atoms. The fourth-order valence-corrected chi connectivity index (χ4v) is 5.21. The Balaban J connectivity index is 1.74. The van der Waals surface area contributed by atoms with E-state index in [4.69, 9.17) is 16.3 Å². The molecule has 126 valence electrons.